The lowest BCUT2D eigenvalue weighted by molar-refractivity contribution is -0.385. The van der Waals surface area contributed by atoms with Gasteiger partial charge in [-0.3, -0.25) is 10.1 Å². The molecule has 4 heterocycles. The number of hydrogen-bond donors (Lipinski definition) is 0. The Morgan fingerprint density at radius 3 is 1.38 bits per heavy atom. The molecule has 0 bridgehead atoms. The van der Waals surface area contributed by atoms with Crippen molar-refractivity contribution in [2.75, 3.05) is 0 Å². The second-order valence-electron chi connectivity index (χ2n) is 11.8. The second kappa shape index (κ2) is 11.8. The van der Waals surface area contributed by atoms with Crippen molar-refractivity contribution in [2.45, 2.75) is 41.5 Å². The highest BCUT2D eigenvalue weighted by molar-refractivity contribution is 7.13. The minimum atomic E-state index is -0.332. The molecule has 7 rings (SSSR count). The van der Waals surface area contributed by atoms with E-state index in [0.717, 1.165) is 44.8 Å². The normalized spacial score (nSPS) is 11.4. The van der Waals surface area contributed by atoms with Crippen LogP contribution in [-0.2, 0) is 0 Å². The van der Waals surface area contributed by atoms with Crippen molar-refractivity contribution in [1.82, 2.24) is 30.0 Å². The van der Waals surface area contributed by atoms with Crippen LogP contribution in [0.15, 0.2) is 77.8 Å². The molecule has 0 atom stereocenters. The summed E-state index contributed by atoms with van der Waals surface area (Å²) in [4.78, 5) is 14.5. The molecule has 47 heavy (non-hydrogen) atoms. The second-order valence-corrected chi connectivity index (χ2v) is 13.7. The fourth-order valence-corrected chi connectivity index (χ4v) is 7.93. The number of benzene rings is 3. The fourth-order valence-electron chi connectivity index (χ4n) is 6.50. The topological polar surface area (TPSA) is 105 Å². The van der Waals surface area contributed by atoms with E-state index in [-0.39, 0.29) is 10.6 Å². The van der Waals surface area contributed by atoms with Crippen molar-refractivity contribution in [3.8, 4) is 54.8 Å². The van der Waals surface area contributed by atoms with Crippen LogP contribution in [0.3, 0.4) is 0 Å². The molecular weight excluding hydrogens is 627 g/mol. The molecule has 0 saturated heterocycles. The molecule has 0 N–H and O–H groups in total. The van der Waals surface area contributed by atoms with Crippen molar-refractivity contribution < 1.29 is 4.92 Å². The average Bonchev–Trinajstić information content (AvgIpc) is 3.84. The van der Waals surface area contributed by atoms with Crippen LogP contribution < -0.4 is 0 Å². The number of aromatic nitrogens is 6. The maximum absolute atomic E-state index is 12.4. The minimum absolute atomic E-state index is 0.0296. The first-order valence-electron chi connectivity index (χ1n) is 15.1. The molecule has 0 radical (unpaired) electrons. The van der Waals surface area contributed by atoms with Gasteiger partial charge in [0, 0.05) is 32.0 Å². The van der Waals surface area contributed by atoms with Crippen molar-refractivity contribution in [1.29, 1.82) is 0 Å². The lowest BCUT2D eigenvalue weighted by atomic mass is 9.94. The van der Waals surface area contributed by atoms with E-state index in [1.54, 1.807) is 45.9 Å². The highest BCUT2D eigenvalue weighted by Gasteiger charge is 2.26. The standard InChI is InChI=1S/C36H31N7O2S2/c1-20-13-26(32-9-7-11-46-32)14-21(2)34(20)41-18-30(37-39-41)28-17-29(25(6)36(24(28)5)43(44)45)31-19-42(40-38-31)35-22(3)15-27(16-23(35)4)33-10-8-12-47-33/h7-19H,1-6H3. The van der Waals surface area contributed by atoms with Crippen LogP contribution in [0.1, 0.15) is 33.4 Å². The van der Waals surface area contributed by atoms with Gasteiger partial charge in [-0.1, -0.05) is 22.6 Å². The summed E-state index contributed by atoms with van der Waals surface area (Å²) in [6, 6.07) is 18.8. The first-order chi connectivity index (χ1) is 22.6. The summed E-state index contributed by atoms with van der Waals surface area (Å²) in [5.74, 6) is 0. The zero-order chi connectivity index (χ0) is 33.0. The van der Waals surface area contributed by atoms with Crippen LogP contribution in [0, 0.1) is 51.7 Å². The molecule has 0 aliphatic rings. The molecule has 0 spiro atoms. The molecule has 0 unspecified atom stereocenters. The van der Waals surface area contributed by atoms with E-state index in [2.05, 4.69) is 95.5 Å². The van der Waals surface area contributed by atoms with E-state index in [0.29, 0.717) is 33.6 Å². The van der Waals surface area contributed by atoms with Gasteiger partial charge in [-0.05, 0) is 128 Å². The zero-order valence-corrected chi connectivity index (χ0v) is 28.4. The van der Waals surface area contributed by atoms with Gasteiger partial charge in [-0.15, -0.1) is 32.9 Å². The molecular formula is C36H31N7O2S2. The predicted octanol–water partition coefficient (Wildman–Crippen LogP) is 9.40. The summed E-state index contributed by atoms with van der Waals surface area (Å²) in [7, 11) is 0. The van der Waals surface area contributed by atoms with Crippen LogP contribution >= 0.6 is 22.7 Å². The van der Waals surface area contributed by atoms with Gasteiger partial charge in [0.05, 0.1) is 28.7 Å². The summed E-state index contributed by atoms with van der Waals surface area (Å²) in [5, 5.41) is 34.5. The number of nitro groups is 1. The number of nitrogens with zero attached hydrogens (tertiary/aromatic N) is 7. The third-order valence-electron chi connectivity index (χ3n) is 8.58. The highest BCUT2D eigenvalue weighted by Crippen LogP contribution is 2.39. The largest absolute Gasteiger partial charge is 0.276 e. The van der Waals surface area contributed by atoms with Crippen molar-refractivity contribution >= 4 is 28.4 Å². The molecule has 0 aliphatic heterocycles. The first-order valence-corrected chi connectivity index (χ1v) is 16.8. The Bertz CT molecular complexity index is 2100. The lowest BCUT2D eigenvalue weighted by Gasteiger charge is -2.12. The van der Waals surface area contributed by atoms with Gasteiger partial charge < -0.3 is 0 Å². The van der Waals surface area contributed by atoms with Gasteiger partial charge in [0.15, 0.2) is 0 Å². The number of nitro benzene ring substituents is 1. The summed E-state index contributed by atoms with van der Waals surface area (Å²) in [6.45, 7) is 11.8. The number of thiophene rings is 2. The first kappa shape index (κ1) is 30.4. The Balaban J connectivity index is 1.29. The third kappa shape index (κ3) is 5.37. The Kier molecular flexibility index (Phi) is 7.65. The maximum Gasteiger partial charge on any atom is 0.276 e. The van der Waals surface area contributed by atoms with E-state index >= 15 is 0 Å². The maximum atomic E-state index is 12.4. The van der Waals surface area contributed by atoms with Gasteiger partial charge in [0.25, 0.3) is 5.69 Å². The van der Waals surface area contributed by atoms with E-state index in [4.69, 9.17) is 0 Å². The molecule has 9 nitrogen and oxygen atoms in total. The number of rotatable bonds is 7. The van der Waals surface area contributed by atoms with E-state index in [1.807, 2.05) is 30.6 Å². The highest BCUT2D eigenvalue weighted by atomic mass is 32.1. The molecule has 0 aliphatic carbocycles. The average molecular weight is 658 g/mol. The van der Waals surface area contributed by atoms with Crippen LogP contribution in [0.4, 0.5) is 5.69 Å². The molecule has 0 amide bonds. The van der Waals surface area contributed by atoms with Crippen LogP contribution in [0.5, 0.6) is 0 Å². The van der Waals surface area contributed by atoms with Gasteiger partial charge in [-0.2, -0.15) is 0 Å². The van der Waals surface area contributed by atoms with Crippen LogP contribution in [-0.4, -0.2) is 34.9 Å². The zero-order valence-electron chi connectivity index (χ0n) is 26.8. The predicted molar refractivity (Wildman–Crippen MR) is 189 cm³/mol. The lowest BCUT2D eigenvalue weighted by Crippen LogP contribution is -2.02. The van der Waals surface area contributed by atoms with Gasteiger partial charge in [-0.25, -0.2) is 9.36 Å². The van der Waals surface area contributed by atoms with Crippen molar-refractivity contribution in [2.24, 2.45) is 0 Å². The molecule has 3 aromatic carbocycles. The Labute approximate surface area is 279 Å². The molecule has 0 fully saturated rings. The third-order valence-corrected chi connectivity index (χ3v) is 10.4. The van der Waals surface area contributed by atoms with Crippen molar-refractivity contribution in [3.63, 3.8) is 0 Å². The number of hydrogen-bond acceptors (Lipinski definition) is 8. The Hall–Kier alpha value is -5.26. The van der Waals surface area contributed by atoms with Gasteiger partial charge in [0.2, 0.25) is 0 Å². The molecule has 234 valence electrons. The minimum Gasteiger partial charge on any atom is -0.258 e. The van der Waals surface area contributed by atoms with Crippen LogP contribution in [0.25, 0.3) is 54.8 Å². The molecule has 0 saturated carbocycles. The summed E-state index contributed by atoms with van der Waals surface area (Å²) in [6.07, 6.45) is 3.67. The Morgan fingerprint density at radius 1 is 0.638 bits per heavy atom. The molecule has 11 heteroatoms. The summed E-state index contributed by atoms with van der Waals surface area (Å²) < 4.78 is 3.51. The van der Waals surface area contributed by atoms with E-state index < -0.39 is 0 Å². The monoisotopic (exact) mass is 657 g/mol. The molecule has 7 aromatic rings. The van der Waals surface area contributed by atoms with Gasteiger partial charge in [0.1, 0.15) is 11.4 Å². The fraction of sp³-hybridized carbons (Fsp3) is 0.167. The van der Waals surface area contributed by atoms with Crippen molar-refractivity contribution in [3.05, 3.63) is 121 Å². The molecule has 4 aromatic heterocycles. The van der Waals surface area contributed by atoms with Gasteiger partial charge >= 0.3 is 0 Å². The SMILES string of the molecule is Cc1cc(-c2cccs2)cc(C)c1-n1cc(-c2cc(-c3cn(-c4c(C)cc(-c5cccs5)cc4C)nn3)c(C)c([N+](=O)[O-])c2C)nn1. The van der Waals surface area contributed by atoms with E-state index in [9.17, 15) is 10.1 Å². The van der Waals surface area contributed by atoms with E-state index in [1.165, 1.54) is 9.75 Å². The summed E-state index contributed by atoms with van der Waals surface area (Å²) in [5.41, 5.74) is 11.8. The van der Waals surface area contributed by atoms with Crippen LogP contribution in [0.2, 0.25) is 0 Å². The summed E-state index contributed by atoms with van der Waals surface area (Å²) >= 11 is 3.41. The smallest absolute Gasteiger partial charge is 0.258 e. The number of aryl methyl sites for hydroxylation is 4. The quantitative estimate of drug-likeness (QED) is 0.125. The Morgan fingerprint density at radius 2 is 1.04 bits per heavy atom.